The normalized spacial score (nSPS) is 13.2. The van der Waals surface area contributed by atoms with Crippen molar-refractivity contribution in [3.63, 3.8) is 0 Å². The van der Waals surface area contributed by atoms with Gasteiger partial charge in [0.2, 0.25) is 0 Å². The lowest BCUT2D eigenvalue weighted by Crippen LogP contribution is -2.50. The van der Waals surface area contributed by atoms with Crippen LogP contribution in [0.4, 0.5) is 0 Å². The van der Waals surface area contributed by atoms with Gasteiger partial charge in [-0.05, 0) is 51.4 Å². The molecule has 0 aromatic carbocycles. The molecule has 0 aromatic rings. The first-order valence-electron chi connectivity index (χ1n) is 26.2. The number of carbonyl (C=O) groups excluding carboxylic acids is 2. The summed E-state index contributed by atoms with van der Waals surface area (Å²) in [5.74, 6) is -1.47. The van der Waals surface area contributed by atoms with E-state index in [4.69, 9.17) is 14.2 Å². The van der Waals surface area contributed by atoms with Crippen molar-refractivity contribution >= 4 is 17.9 Å². The highest BCUT2D eigenvalue weighted by Crippen LogP contribution is 2.16. The van der Waals surface area contributed by atoms with Crippen molar-refractivity contribution in [1.29, 1.82) is 0 Å². The maximum absolute atomic E-state index is 12.8. The van der Waals surface area contributed by atoms with Crippen molar-refractivity contribution in [2.75, 3.05) is 41.0 Å². The highest BCUT2D eigenvalue weighted by Gasteiger charge is 2.31. The predicted molar refractivity (Wildman–Crippen MR) is 266 cm³/mol. The van der Waals surface area contributed by atoms with Gasteiger partial charge < -0.3 is 23.8 Å². The minimum Gasteiger partial charge on any atom is -0.477 e. The first kappa shape index (κ1) is 60.3. The highest BCUT2D eigenvalue weighted by atomic mass is 16.6. The molecule has 2 atom stereocenters. The van der Waals surface area contributed by atoms with E-state index in [1.54, 1.807) is 0 Å². The fraction of sp³-hybridized carbons (Fsp3) is 0.800. The van der Waals surface area contributed by atoms with Crippen LogP contribution in [-0.4, -0.2) is 80.6 Å². The fourth-order valence-electron chi connectivity index (χ4n) is 7.73. The SMILES string of the molecule is CC/C=C/C/C=C/C/C=C/C/C=C/CCCCCCCCCC(=O)OC(COCCC(C(=O)O)[N+](C)(C)C)COC(=O)CCCCCCCCCCCCCCCCCCCCC. The number of rotatable bonds is 47. The number of allylic oxidation sites excluding steroid dienone is 8. The standard InChI is InChI=1S/C55H99NO7/c1-6-8-10-12-14-16-18-20-22-24-26-28-30-32-34-36-38-40-42-44-46-54(58)63-51(49-61-48-47-52(55(59)60)56(3,4)5)50-62-53(57)45-43-41-39-37-35-33-31-29-27-25-23-21-19-17-15-13-11-9-7-2/h8,10,14,16,20,22,26,28,51-52H,6-7,9,11-13,15,17-19,21,23-25,27,29-50H2,1-5H3/p+1/b10-8+,16-14+,22-20+,28-26+. The number of hydrogen-bond donors (Lipinski definition) is 1. The number of hydrogen-bond acceptors (Lipinski definition) is 6. The van der Waals surface area contributed by atoms with E-state index in [9.17, 15) is 19.5 Å². The van der Waals surface area contributed by atoms with Crippen LogP contribution >= 0.6 is 0 Å². The second kappa shape index (κ2) is 45.8. The van der Waals surface area contributed by atoms with Crippen LogP contribution in [0.3, 0.4) is 0 Å². The van der Waals surface area contributed by atoms with E-state index < -0.39 is 18.1 Å². The van der Waals surface area contributed by atoms with Gasteiger partial charge in [-0.2, -0.15) is 0 Å². The van der Waals surface area contributed by atoms with Gasteiger partial charge in [0.05, 0.1) is 34.4 Å². The molecule has 0 aliphatic heterocycles. The molecule has 0 spiro atoms. The zero-order valence-electron chi connectivity index (χ0n) is 41.8. The molecule has 0 saturated heterocycles. The number of ether oxygens (including phenoxy) is 3. The van der Waals surface area contributed by atoms with Gasteiger partial charge in [-0.3, -0.25) is 9.59 Å². The van der Waals surface area contributed by atoms with Crippen LogP contribution in [-0.2, 0) is 28.6 Å². The molecule has 2 unspecified atom stereocenters. The Morgan fingerprint density at radius 1 is 0.492 bits per heavy atom. The van der Waals surface area contributed by atoms with Crippen LogP contribution in [0.15, 0.2) is 48.6 Å². The number of unbranched alkanes of at least 4 members (excludes halogenated alkanes) is 25. The van der Waals surface area contributed by atoms with Crippen LogP contribution in [0.1, 0.15) is 232 Å². The molecule has 63 heavy (non-hydrogen) atoms. The molecule has 8 heteroatoms. The largest absolute Gasteiger partial charge is 0.477 e. The third-order valence-corrected chi connectivity index (χ3v) is 11.7. The minimum absolute atomic E-state index is 0.0533. The number of carbonyl (C=O) groups is 3. The number of quaternary nitrogens is 1. The lowest BCUT2D eigenvalue weighted by molar-refractivity contribution is -0.887. The molecule has 0 amide bonds. The Bertz CT molecular complexity index is 1170. The molecule has 0 aliphatic carbocycles. The summed E-state index contributed by atoms with van der Waals surface area (Å²) in [7, 11) is 5.54. The molecule has 8 nitrogen and oxygen atoms in total. The van der Waals surface area contributed by atoms with Crippen LogP contribution < -0.4 is 0 Å². The smallest absolute Gasteiger partial charge is 0.362 e. The Balaban J connectivity index is 4.24. The van der Waals surface area contributed by atoms with Crippen LogP contribution in [0, 0.1) is 0 Å². The molecule has 0 saturated carbocycles. The van der Waals surface area contributed by atoms with E-state index in [1.165, 1.54) is 128 Å². The number of aliphatic carboxylic acids is 1. The zero-order valence-corrected chi connectivity index (χ0v) is 41.8. The molecule has 366 valence electrons. The average Bonchev–Trinajstić information content (AvgIpc) is 3.24. The highest BCUT2D eigenvalue weighted by molar-refractivity contribution is 5.72. The van der Waals surface area contributed by atoms with Gasteiger partial charge in [0.15, 0.2) is 12.1 Å². The van der Waals surface area contributed by atoms with Crippen molar-refractivity contribution in [3.05, 3.63) is 48.6 Å². The molecule has 0 bridgehead atoms. The second-order valence-corrected chi connectivity index (χ2v) is 18.8. The Hall–Kier alpha value is -2.71. The Morgan fingerprint density at radius 2 is 0.889 bits per heavy atom. The van der Waals surface area contributed by atoms with Crippen LogP contribution in [0.2, 0.25) is 0 Å². The molecular formula is C55H100NO7+. The van der Waals surface area contributed by atoms with E-state index in [2.05, 4.69) is 62.5 Å². The van der Waals surface area contributed by atoms with Crippen LogP contribution in [0.5, 0.6) is 0 Å². The molecule has 0 aromatic heterocycles. The molecule has 0 heterocycles. The summed E-state index contributed by atoms with van der Waals surface area (Å²) in [5.41, 5.74) is 0. The van der Waals surface area contributed by atoms with E-state index >= 15 is 0 Å². The van der Waals surface area contributed by atoms with Crippen molar-refractivity contribution in [2.24, 2.45) is 0 Å². The van der Waals surface area contributed by atoms with Gasteiger partial charge in [-0.25, -0.2) is 4.79 Å². The molecule has 0 rings (SSSR count). The third-order valence-electron chi connectivity index (χ3n) is 11.7. The van der Waals surface area contributed by atoms with E-state index in [0.29, 0.717) is 19.3 Å². The van der Waals surface area contributed by atoms with Gasteiger partial charge in [0.1, 0.15) is 6.61 Å². The Morgan fingerprint density at radius 3 is 1.32 bits per heavy atom. The third kappa shape index (κ3) is 44.3. The number of esters is 2. The van der Waals surface area contributed by atoms with E-state index in [0.717, 1.165) is 70.6 Å². The van der Waals surface area contributed by atoms with E-state index in [-0.39, 0.29) is 36.2 Å². The summed E-state index contributed by atoms with van der Waals surface area (Å²) in [5, 5.41) is 9.66. The summed E-state index contributed by atoms with van der Waals surface area (Å²) in [6, 6.07) is -0.617. The van der Waals surface area contributed by atoms with Gasteiger partial charge in [0.25, 0.3) is 0 Å². The maximum Gasteiger partial charge on any atom is 0.362 e. The lowest BCUT2D eigenvalue weighted by atomic mass is 10.0. The summed E-state index contributed by atoms with van der Waals surface area (Å²) >= 11 is 0. The monoisotopic (exact) mass is 887 g/mol. The second-order valence-electron chi connectivity index (χ2n) is 18.8. The number of carboxylic acid groups (broad SMARTS) is 1. The molecule has 0 fully saturated rings. The molecule has 1 N–H and O–H groups in total. The van der Waals surface area contributed by atoms with Crippen molar-refractivity contribution in [1.82, 2.24) is 0 Å². The quantitative estimate of drug-likeness (QED) is 0.0281. The fourth-order valence-corrected chi connectivity index (χ4v) is 7.73. The van der Waals surface area contributed by atoms with Crippen molar-refractivity contribution in [3.8, 4) is 0 Å². The van der Waals surface area contributed by atoms with Gasteiger partial charge in [-0.15, -0.1) is 0 Å². The van der Waals surface area contributed by atoms with Crippen molar-refractivity contribution < 1.29 is 38.2 Å². The first-order valence-corrected chi connectivity index (χ1v) is 26.2. The average molecular weight is 887 g/mol. The van der Waals surface area contributed by atoms with Gasteiger partial charge >= 0.3 is 17.9 Å². The summed E-state index contributed by atoms with van der Waals surface area (Å²) in [6.07, 6.45) is 55.9. The number of likely N-dealkylation sites (N-methyl/N-ethyl adjacent to an activating group) is 1. The molecular weight excluding hydrogens is 787 g/mol. The zero-order chi connectivity index (χ0) is 46.3. The van der Waals surface area contributed by atoms with Crippen LogP contribution in [0.25, 0.3) is 0 Å². The van der Waals surface area contributed by atoms with Gasteiger partial charge in [0, 0.05) is 19.3 Å². The number of nitrogens with zero attached hydrogens (tertiary/aromatic N) is 1. The lowest BCUT2D eigenvalue weighted by Gasteiger charge is -2.31. The maximum atomic E-state index is 12.8. The van der Waals surface area contributed by atoms with Gasteiger partial charge in [-0.1, -0.05) is 210 Å². The van der Waals surface area contributed by atoms with E-state index in [1.807, 2.05) is 21.1 Å². The minimum atomic E-state index is -0.875. The molecule has 0 aliphatic rings. The predicted octanol–water partition coefficient (Wildman–Crippen LogP) is 15.1. The first-order chi connectivity index (χ1) is 30.6. The Labute approximate surface area is 388 Å². The summed E-state index contributed by atoms with van der Waals surface area (Å²) < 4.78 is 17.4. The summed E-state index contributed by atoms with van der Waals surface area (Å²) in [4.78, 5) is 37.2. The number of carboxylic acids is 1. The topological polar surface area (TPSA) is 99.1 Å². The molecule has 0 radical (unpaired) electrons. The Kier molecular flexibility index (Phi) is 43.9. The summed E-state index contributed by atoms with van der Waals surface area (Å²) in [6.45, 7) is 4.65. The van der Waals surface area contributed by atoms with Crippen molar-refractivity contribution in [2.45, 2.75) is 244 Å².